The Balaban J connectivity index is 0.000000220. The molecule has 1 atom stereocenters. The number of fused-ring (bicyclic) bond motifs is 3. The second-order valence-corrected chi connectivity index (χ2v) is 8.87. The summed E-state index contributed by atoms with van der Waals surface area (Å²) in [6.45, 7) is 1.08. The quantitative estimate of drug-likeness (QED) is 0.153. The van der Waals surface area contributed by atoms with Gasteiger partial charge in [-0.05, 0) is 40.3 Å². The molecule has 0 aliphatic carbocycles. The van der Waals surface area contributed by atoms with E-state index in [2.05, 4.69) is 39.6 Å². The molecule has 2 aliphatic heterocycles. The molecule has 0 saturated carbocycles. The van der Waals surface area contributed by atoms with Crippen molar-refractivity contribution in [2.24, 2.45) is 0 Å². The summed E-state index contributed by atoms with van der Waals surface area (Å²) in [7, 11) is 0. The summed E-state index contributed by atoms with van der Waals surface area (Å²) in [6, 6.07) is 24.9. The van der Waals surface area contributed by atoms with Gasteiger partial charge in [0.15, 0.2) is 0 Å². The van der Waals surface area contributed by atoms with E-state index >= 15 is 0 Å². The van der Waals surface area contributed by atoms with Crippen molar-refractivity contribution in [2.75, 3.05) is 6.54 Å². The van der Waals surface area contributed by atoms with E-state index in [0.717, 1.165) is 30.2 Å². The van der Waals surface area contributed by atoms with Crippen LogP contribution in [0.1, 0.15) is 28.4 Å². The Morgan fingerprint density at radius 2 is 1.62 bits per heavy atom. The van der Waals surface area contributed by atoms with Crippen LogP contribution in [0.5, 0.6) is 0 Å². The third-order valence-electron chi connectivity index (χ3n) is 6.36. The molecule has 1 aromatic heterocycles. The second-order valence-electron chi connectivity index (χ2n) is 8.87. The zero-order chi connectivity index (χ0) is 27.6. The maximum atomic E-state index is 13.0. The van der Waals surface area contributed by atoms with Gasteiger partial charge in [-0.1, -0.05) is 48.9 Å². The Morgan fingerprint density at radius 3 is 2.30 bits per heavy atom. The second kappa shape index (κ2) is 11.9. The van der Waals surface area contributed by atoms with Gasteiger partial charge >= 0.3 is 32.5 Å². The number of benzene rings is 3. The number of halogens is 6. The minimum atomic E-state index is -5.18. The fourth-order valence-electron chi connectivity index (χ4n) is 4.46. The molecule has 2 aliphatic rings. The number of alkyl halides is 6. The molecule has 0 radical (unpaired) electrons. The zero-order valence-corrected chi connectivity index (χ0v) is 23.0. The Hall–Kier alpha value is -3.62. The summed E-state index contributed by atoms with van der Waals surface area (Å²) in [5, 5.41) is 4.41. The van der Waals surface area contributed by atoms with Crippen molar-refractivity contribution in [3.63, 3.8) is 0 Å². The summed E-state index contributed by atoms with van der Waals surface area (Å²) in [5.74, 6) is 0. The number of hydrogen-bond donors (Lipinski definition) is 0. The summed E-state index contributed by atoms with van der Waals surface area (Å²) < 4.78 is 77.5. The van der Waals surface area contributed by atoms with Gasteiger partial charge in [-0.2, -0.15) is 67.9 Å². The van der Waals surface area contributed by atoms with Gasteiger partial charge in [0.2, 0.25) is 0 Å². The van der Waals surface area contributed by atoms with Crippen LogP contribution in [-0.4, -0.2) is 16.4 Å². The van der Waals surface area contributed by atoms with E-state index in [-0.39, 0.29) is 37.5 Å². The topological polar surface area (TPSA) is 30.2 Å². The molecule has 3 heterocycles. The van der Waals surface area contributed by atoms with Gasteiger partial charge in [-0.3, -0.25) is 0 Å². The van der Waals surface area contributed by atoms with Crippen molar-refractivity contribution in [2.45, 2.75) is 24.9 Å². The number of aromatic nitrogens is 1. The van der Waals surface area contributed by atoms with Crippen LogP contribution >= 0.6 is 0 Å². The zero-order valence-electron chi connectivity index (χ0n) is 20.6. The Morgan fingerprint density at radius 1 is 0.850 bits per heavy atom. The van der Waals surface area contributed by atoms with Crippen LogP contribution in [0.4, 0.5) is 26.3 Å². The van der Waals surface area contributed by atoms with E-state index in [9.17, 15) is 26.3 Å². The molecule has 1 unspecified atom stereocenters. The van der Waals surface area contributed by atoms with Gasteiger partial charge in [0.1, 0.15) is 0 Å². The number of rotatable bonds is 2. The van der Waals surface area contributed by atoms with Crippen LogP contribution in [0, 0.1) is 12.1 Å². The van der Waals surface area contributed by atoms with E-state index in [1.54, 1.807) is 6.07 Å². The van der Waals surface area contributed by atoms with Crippen LogP contribution in [0.3, 0.4) is 0 Å². The fourth-order valence-corrected chi connectivity index (χ4v) is 4.46. The Kier molecular flexibility index (Phi) is 8.71. The molecular weight excluding hydrogens is 709 g/mol. The minimum Gasteiger partial charge on any atom is -0.668 e. The van der Waals surface area contributed by atoms with Crippen LogP contribution in [0.15, 0.2) is 91.4 Å². The molecular formula is C30H20F6IrN3. The molecule has 0 amide bonds. The monoisotopic (exact) mass is 729 g/mol. The van der Waals surface area contributed by atoms with Crippen LogP contribution in [-0.2, 0) is 38.9 Å². The number of hydrogen-bond acceptors (Lipinski definition) is 2. The smallest absolute Gasteiger partial charge is 0.668 e. The van der Waals surface area contributed by atoms with Gasteiger partial charge in [0, 0.05) is 12.7 Å². The standard InChI is InChI=1S/C19H10F6N.C11H10N2.Ir/c20-18(21,22)15-8-6-13(10-16(15)19(23,24)25)17-9-7-14(11-26-17)12-4-2-1-3-5-12;1-2-4-10-9(3-1)5-7-13-8-6-12-11(10)13;/h1-9,11H;1-3,6,8,11H,5,7H2;/q-1;-2;+3. The molecule has 40 heavy (non-hydrogen) atoms. The van der Waals surface area contributed by atoms with Gasteiger partial charge in [-0.25, -0.2) is 0 Å². The molecule has 4 aromatic rings. The average Bonchev–Trinajstić information content (AvgIpc) is 3.43. The van der Waals surface area contributed by atoms with E-state index in [0.29, 0.717) is 6.07 Å². The molecule has 0 N–H and O–H groups in total. The van der Waals surface area contributed by atoms with Crippen molar-refractivity contribution >= 4 is 0 Å². The summed E-state index contributed by atoms with van der Waals surface area (Å²) in [4.78, 5) is 6.32. The molecule has 10 heteroatoms. The molecule has 0 saturated heterocycles. The predicted molar refractivity (Wildman–Crippen MR) is 135 cm³/mol. The Bertz CT molecular complexity index is 1470. The first-order chi connectivity index (χ1) is 18.6. The fraction of sp³-hybridized carbons (Fsp3) is 0.167. The Labute approximate surface area is 240 Å². The molecule has 0 spiro atoms. The third kappa shape index (κ3) is 6.40. The van der Waals surface area contributed by atoms with Gasteiger partial charge in [0.25, 0.3) is 0 Å². The van der Waals surface area contributed by atoms with Crippen LogP contribution in [0.25, 0.3) is 27.7 Å². The van der Waals surface area contributed by atoms with Gasteiger partial charge in [-0.15, -0.1) is 23.8 Å². The SMILES string of the molecule is FC(F)(F)c1[c-]c(-c2ccc(-c3ccccc3)cn2)ccc1C(F)(F)F.[Ir+3].[c-]1cccc2c1C1[N-]C=CN1CC2. The minimum absolute atomic E-state index is 0. The summed E-state index contributed by atoms with van der Waals surface area (Å²) in [5.41, 5.74) is 0.561. The molecule has 3 nitrogen and oxygen atoms in total. The van der Waals surface area contributed by atoms with E-state index < -0.39 is 23.5 Å². The maximum absolute atomic E-state index is 13.0. The van der Waals surface area contributed by atoms with Crippen LogP contribution < -0.4 is 0 Å². The first-order valence-electron chi connectivity index (χ1n) is 12.0. The van der Waals surface area contributed by atoms with Crippen molar-refractivity contribution in [3.8, 4) is 22.4 Å². The first kappa shape index (κ1) is 29.4. The normalized spacial score (nSPS) is 15.7. The first-order valence-corrected chi connectivity index (χ1v) is 12.0. The number of nitrogens with zero attached hydrogens (tertiary/aromatic N) is 3. The van der Waals surface area contributed by atoms with E-state index in [1.165, 1.54) is 23.4 Å². The molecule has 3 aromatic carbocycles. The van der Waals surface area contributed by atoms with Crippen molar-refractivity contribution < 1.29 is 46.4 Å². The third-order valence-corrected chi connectivity index (χ3v) is 6.36. The summed E-state index contributed by atoms with van der Waals surface area (Å²) >= 11 is 0. The van der Waals surface area contributed by atoms with Crippen molar-refractivity contribution in [1.29, 1.82) is 0 Å². The average molecular weight is 729 g/mol. The molecule has 0 fully saturated rings. The van der Waals surface area contributed by atoms with Crippen LogP contribution in [0.2, 0.25) is 0 Å². The molecule has 0 bridgehead atoms. The van der Waals surface area contributed by atoms with Gasteiger partial charge in [0.05, 0.1) is 0 Å². The van der Waals surface area contributed by atoms with Crippen molar-refractivity contribution in [1.82, 2.24) is 9.88 Å². The van der Waals surface area contributed by atoms with Gasteiger partial charge < -0.3 is 15.2 Å². The summed E-state index contributed by atoms with van der Waals surface area (Å²) in [6.07, 6.45) is -3.57. The largest absolute Gasteiger partial charge is 3.00 e. The predicted octanol–water partition coefficient (Wildman–Crippen LogP) is 8.45. The number of pyridine rings is 1. The van der Waals surface area contributed by atoms with E-state index in [1.807, 2.05) is 48.7 Å². The molecule has 6 rings (SSSR count). The maximum Gasteiger partial charge on any atom is 3.00 e. The molecule has 206 valence electrons. The van der Waals surface area contributed by atoms with E-state index in [4.69, 9.17) is 0 Å². The van der Waals surface area contributed by atoms with Crippen molar-refractivity contribution in [3.05, 3.63) is 131 Å².